The van der Waals surface area contributed by atoms with Crippen LogP contribution in [0.15, 0.2) is 23.8 Å². The maximum Gasteiger partial charge on any atom is 0.00966 e. The van der Waals surface area contributed by atoms with E-state index in [9.17, 15) is 0 Å². The monoisotopic (exact) mass is 181 g/mol. The molecule has 0 atom stereocenters. The molecule has 0 saturated heterocycles. The van der Waals surface area contributed by atoms with Crippen molar-refractivity contribution in [3.63, 3.8) is 0 Å². The molecule has 0 aromatic carbocycles. The van der Waals surface area contributed by atoms with Gasteiger partial charge in [-0.3, -0.25) is 0 Å². The molecule has 13 heavy (non-hydrogen) atoms. The van der Waals surface area contributed by atoms with Crippen LogP contribution in [-0.4, -0.2) is 12.1 Å². The van der Waals surface area contributed by atoms with Crippen LogP contribution in [0.5, 0.6) is 0 Å². The van der Waals surface area contributed by atoms with E-state index in [-0.39, 0.29) is 5.54 Å². The first-order chi connectivity index (χ1) is 5.92. The van der Waals surface area contributed by atoms with Crippen molar-refractivity contribution in [2.75, 3.05) is 6.54 Å². The molecule has 0 aliphatic carbocycles. The summed E-state index contributed by atoms with van der Waals surface area (Å²) in [6.07, 6.45) is 7.56. The fraction of sp³-hybridized carbons (Fsp3) is 0.667. The average Bonchev–Trinajstić information content (AvgIpc) is 1.93. The third-order valence-corrected chi connectivity index (χ3v) is 1.53. The quantitative estimate of drug-likeness (QED) is 0.518. The summed E-state index contributed by atoms with van der Waals surface area (Å²) in [6, 6.07) is 0. The van der Waals surface area contributed by atoms with Crippen molar-refractivity contribution >= 4 is 0 Å². The van der Waals surface area contributed by atoms with Crippen molar-refractivity contribution in [1.29, 1.82) is 0 Å². The van der Waals surface area contributed by atoms with Gasteiger partial charge in [-0.2, -0.15) is 0 Å². The summed E-state index contributed by atoms with van der Waals surface area (Å²) in [7, 11) is 0. The Labute approximate surface area is 82.9 Å². The molecule has 0 aromatic heterocycles. The highest BCUT2D eigenvalue weighted by molar-refractivity contribution is 5.08. The molecule has 0 rings (SSSR count). The summed E-state index contributed by atoms with van der Waals surface area (Å²) in [6.45, 7) is 11.8. The first-order valence-corrected chi connectivity index (χ1v) is 4.97. The largest absolute Gasteiger partial charge is 0.312 e. The van der Waals surface area contributed by atoms with Gasteiger partial charge in [0.05, 0.1) is 0 Å². The minimum Gasteiger partial charge on any atom is -0.312 e. The van der Waals surface area contributed by atoms with E-state index in [1.165, 1.54) is 5.57 Å². The third-order valence-electron chi connectivity index (χ3n) is 1.53. The Morgan fingerprint density at radius 1 is 1.23 bits per heavy atom. The van der Waals surface area contributed by atoms with Gasteiger partial charge < -0.3 is 5.32 Å². The number of hydrogen-bond donors (Lipinski definition) is 1. The summed E-state index contributed by atoms with van der Waals surface area (Å²) in [5.74, 6) is 0. The van der Waals surface area contributed by atoms with Crippen molar-refractivity contribution in [2.24, 2.45) is 0 Å². The average molecular weight is 181 g/mol. The molecular weight excluding hydrogens is 158 g/mol. The zero-order valence-corrected chi connectivity index (χ0v) is 9.65. The van der Waals surface area contributed by atoms with E-state index >= 15 is 0 Å². The van der Waals surface area contributed by atoms with Crippen molar-refractivity contribution in [3.05, 3.63) is 23.8 Å². The van der Waals surface area contributed by atoms with Gasteiger partial charge in [0.2, 0.25) is 0 Å². The second kappa shape index (κ2) is 5.98. The summed E-state index contributed by atoms with van der Waals surface area (Å²) in [4.78, 5) is 0. The molecule has 0 spiro atoms. The molecule has 0 fully saturated rings. The van der Waals surface area contributed by atoms with Gasteiger partial charge in [0.1, 0.15) is 0 Å². The van der Waals surface area contributed by atoms with E-state index in [1.54, 1.807) is 0 Å². The molecule has 0 aliphatic heterocycles. The molecule has 0 unspecified atom stereocenters. The van der Waals surface area contributed by atoms with Gasteiger partial charge in [-0.25, -0.2) is 0 Å². The molecule has 1 nitrogen and oxygen atoms in total. The summed E-state index contributed by atoms with van der Waals surface area (Å²) in [5.41, 5.74) is 1.59. The van der Waals surface area contributed by atoms with E-state index in [1.807, 2.05) is 0 Å². The Balaban J connectivity index is 3.47. The lowest BCUT2D eigenvalue weighted by Crippen LogP contribution is -2.36. The predicted octanol–water partition coefficient (Wildman–Crippen LogP) is 3.29. The SMILES string of the molecule is CC(C)=CC=CCCNC(C)(C)C. The summed E-state index contributed by atoms with van der Waals surface area (Å²) in [5, 5.41) is 3.44. The van der Waals surface area contributed by atoms with Gasteiger partial charge in [-0.15, -0.1) is 0 Å². The van der Waals surface area contributed by atoms with Gasteiger partial charge in [0.25, 0.3) is 0 Å². The molecule has 0 aliphatic rings. The first kappa shape index (κ1) is 12.4. The van der Waals surface area contributed by atoms with Crippen LogP contribution < -0.4 is 5.32 Å². The molecule has 0 saturated carbocycles. The maximum absolute atomic E-state index is 3.44. The second-order valence-corrected chi connectivity index (χ2v) is 4.64. The topological polar surface area (TPSA) is 12.0 Å². The van der Waals surface area contributed by atoms with Crippen LogP contribution in [0.4, 0.5) is 0 Å². The van der Waals surface area contributed by atoms with Gasteiger partial charge in [-0.05, 0) is 47.6 Å². The number of hydrogen-bond acceptors (Lipinski definition) is 1. The molecule has 0 heterocycles. The second-order valence-electron chi connectivity index (χ2n) is 4.64. The van der Waals surface area contributed by atoms with Crippen LogP contribution in [0.2, 0.25) is 0 Å². The summed E-state index contributed by atoms with van der Waals surface area (Å²) < 4.78 is 0. The lowest BCUT2D eigenvalue weighted by Gasteiger charge is -2.19. The highest BCUT2D eigenvalue weighted by atomic mass is 14.9. The zero-order valence-electron chi connectivity index (χ0n) is 9.65. The molecule has 1 heteroatoms. The lowest BCUT2D eigenvalue weighted by molar-refractivity contribution is 0.431. The van der Waals surface area contributed by atoms with E-state index in [4.69, 9.17) is 0 Å². The first-order valence-electron chi connectivity index (χ1n) is 4.97. The van der Waals surface area contributed by atoms with Crippen LogP contribution in [0, 0.1) is 0 Å². The molecule has 0 bridgehead atoms. The molecular formula is C12H23N. The standard InChI is InChI=1S/C12H23N/c1-11(2)9-7-6-8-10-13-12(3,4)5/h6-7,9,13H,8,10H2,1-5H3. The van der Waals surface area contributed by atoms with Crippen molar-refractivity contribution < 1.29 is 0 Å². The van der Waals surface area contributed by atoms with Crippen LogP contribution >= 0.6 is 0 Å². The van der Waals surface area contributed by atoms with Crippen molar-refractivity contribution in [2.45, 2.75) is 46.6 Å². The van der Waals surface area contributed by atoms with Gasteiger partial charge in [-0.1, -0.05) is 23.8 Å². The molecule has 1 N–H and O–H groups in total. The van der Waals surface area contributed by atoms with E-state index < -0.39 is 0 Å². The van der Waals surface area contributed by atoms with Gasteiger partial charge in [0, 0.05) is 5.54 Å². The number of nitrogens with one attached hydrogen (secondary N) is 1. The summed E-state index contributed by atoms with van der Waals surface area (Å²) >= 11 is 0. The normalized spacial score (nSPS) is 12.1. The number of allylic oxidation sites excluding steroid dienone is 3. The van der Waals surface area contributed by atoms with E-state index in [0.717, 1.165) is 13.0 Å². The minimum absolute atomic E-state index is 0.240. The zero-order chi connectivity index (χ0) is 10.3. The highest BCUT2D eigenvalue weighted by Crippen LogP contribution is 1.98. The fourth-order valence-electron chi connectivity index (χ4n) is 0.887. The molecule has 0 aromatic rings. The van der Waals surface area contributed by atoms with Crippen molar-refractivity contribution in [1.82, 2.24) is 5.32 Å². The third kappa shape index (κ3) is 11.4. The van der Waals surface area contributed by atoms with Crippen LogP contribution in [0.25, 0.3) is 0 Å². The van der Waals surface area contributed by atoms with Crippen LogP contribution in [0.3, 0.4) is 0 Å². The number of rotatable bonds is 4. The maximum atomic E-state index is 3.44. The van der Waals surface area contributed by atoms with E-state index in [0.29, 0.717) is 0 Å². The molecule has 0 amide bonds. The van der Waals surface area contributed by atoms with Gasteiger partial charge in [0.15, 0.2) is 0 Å². The van der Waals surface area contributed by atoms with Gasteiger partial charge >= 0.3 is 0 Å². The van der Waals surface area contributed by atoms with Crippen molar-refractivity contribution in [3.8, 4) is 0 Å². The smallest absolute Gasteiger partial charge is 0.00966 e. The fourth-order valence-corrected chi connectivity index (χ4v) is 0.887. The Morgan fingerprint density at radius 2 is 1.85 bits per heavy atom. The predicted molar refractivity (Wildman–Crippen MR) is 60.9 cm³/mol. The highest BCUT2D eigenvalue weighted by Gasteiger charge is 2.05. The lowest BCUT2D eigenvalue weighted by atomic mass is 10.1. The minimum atomic E-state index is 0.240. The van der Waals surface area contributed by atoms with E-state index in [2.05, 4.69) is 58.2 Å². The Morgan fingerprint density at radius 3 is 2.31 bits per heavy atom. The van der Waals surface area contributed by atoms with Crippen LogP contribution in [0.1, 0.15) is 41.0 Å². The Bertz CT molecular complexity index is 178. The Hall–Kier alpha value is -0.560. The molecule has 76 valence electrons. The molecule has 0 radical (unpaired) electrons. The van der Waals surface area contributed by atoms with Crippen LogP contribution in [-0.2, 0) is 0 Å². The Kier molecular flexibility index (Phi) is 5.72.